The molecule has 1 aromatic rings. The smallest absolute Gasteiger partial charge is 0.437 e. The average molecular weight is 276 g/mol. The number of amides is 2. The van der Waals surface area contributed by atoms with Crippen molar-refractivity contribution in [2.75, 3.05) is 27.5 Å². The fraction of sp³-hybridized carbons (Fsp3) is 0.500. The van der Waals surface area contributed by atoms with E-state index in [-0.39, 0.29) is 4.80 Å². The molecule has 0 saturated carbocycles. The van der Waals surface area contributed by atoms with Crippen LogP contribution in [0, 0.1) is 0 Å². The van der Waals surface area contributed by atoms with Crippen LogP contribution in [0.4, 0.5) is 9.59 Å². The van der Waals surface area contributed by atoms with Gasteiger partial charge in [-0.2, -0.15) is 4.99 Å². The van der Waals surface area contributed by atoms with Crippen molar-refractivity contribution in [3.63, 3.8) is 0 Å². The highest BCUT2D eigenvalue weighted by atomic mass is 32.2. The van der Waals surface area contributed by atoms with Crippen molar-refractivity contribution >= 4 is 35.2 Å². The Bertz CT molecular complexity index is 491. The molecule has 0 atom stereocenters. The number of nitrogens with zero attached hydrogens (tertiary/aromatic N) is 4. The van der Waals surface area contributed by atoms with Gasteiger partial charge < -0.3 is 9.64 Å². The maximum Gasteiger partial charge on any atom is 0.437 e. The molecule has 0 saturated heterocycles. The molecule has 1 heterocycles. The molecule has 0 bridgehead atoms. The quantitative estimate of drug-likeness (QED) is 0.711. The molecule has 0 radical (unpaired) electrons. The second kappa shape index (κ2) is 5.82. The Morgan fingerprint density at radius 1 is 1.53 bits per heavy atom. The van der Waals surface area contributed by atoms with Crippen LogP contribution in [0.1, 0.15) is 0 Å². The molecule has 17 heavy (non-hydrogen) atoms. The zero-order valence-electron chi connectivity index (χ0n) is 9.83. The summed E-state index contributed by atoms with van der Waals surface area (Å²) in [5.41, 5.74) is 0. The molecule has 9 heteroatoms. The number of ether oxygens (including phenoxy) is 1. The molecule has 1 aromatic heterocycles. The minimum Gasteiger partial charge on any atom is -0.451 e. The van der Waals surface area contributed by atoms with Gasteiger partial charge in [-0.3, -0.25) is 0 Å². The van der Waals surface area contributed by atoms with E-state index in [1.54, 1.807) is 14.1 Å². The normalized spacial score (nSPS) is 11.4. The third-order valence-corrected chi connectivity index (χ3v) is 3.52. The Balaban J connectivity index is 3.26. The van der Waals surface area contributed by atoms with Crippen molar-refractivity contribution in [3.8, 4) is 0 Å². The molecule has 0 aliphatic heterocycles. The molecule has 2 amide bonds. The predicted molar refractivity (Wildman–Crippen MR) is 64.3 cm³/mol. The highest BCUT2D eigenvalue weighted by Crippen LogP contribution is 2.13. The number of carbonyl (C=O) groups excluding carboxylic acids is 2. The summed E-state index contributed by atoms with van der Waals surface area (Å²) in [6.07, 6.45) is 1.14. The van der Waals surface area contributed by atoms with Crippen LogP contribution in [0.25, 0.3) is 0 Å². The van der Waals surface area contributed by atoms with Gasteiger partial charge >= 0.3 is 12.1 Å². The third-order valence-electron chi connectivity index (χ3n) is 1.64. The number of hydrogen-bond acceptors (Lipinski definition) is 6. The highest BCUT2D eigenvalue weighted by molar-refractivity contribution is 8.00. The Hall–Kier alpha value is -1.35. The molecule has 0 spiro atoms. The van der Waals surface area contributed by atoms with Gasteiger partial charge in [0.05, 0.1) is 7.11 Å². The number of hydrogen-bond donors (Lipinski definition) is 0. The van der Waals surface area contributed by atoms with Gasteiger partial charge in [0.1, 0.15) is 0 Å². The van der Waals surface area contributed by atoms with Crippen LogP contribution < -0.4 is 4.80 Å². The van der Waals surface area contributed by atoms with Crippen molar-refractivity contribution in [2.45, 2.75) is 4.34 Å². The maximum absolute atomic E-state index is 11.4. The number of aromatic nitrogens is 2. The van der Waals surface area contributed by atoms with Gasteiger partial charge in [-0.1, -0.05) is 23.1 Å². The number of methoxy groups -OCH3 is 1. The molecule has 1 rings (SSSR count). The molecule has 0 unspecified atom stereocenters. The van der Waals surface area contributed by atoms with E-state index in [1.165, 1.54) is 23.8 Å². The van der Waals surface area contributed by atoms with Gasteiger partial charge in [0, 0.05) is 14.1 Å². The van der Waals surface area contributed by atoms with E-state index >= 15 is 0 Å². The topological polar surface area (TPSA) is 76.8 Å². The second-order valence-electron chi connectivity index (χ2n) is 3.03. The van der Waals surface area contributed by atoms with Gasteiger partial charge in [-0.05, 0) is 6.26 Å². The molecular weight excluding hydrogens is 264 g/mol. The Morgan fingerprint density at radius 2 is 2.18 bits per heavy atom. The van der Waals surface area contributed by atoms with E-state index < -0.39 is 12.1 Å². The van der Waals surface area contributed by atoms with Crippen LogP contribution in [0.15, 0.2) is 9.33 Å². The fourth-order valence-electron chi connectivity index (χ4n) is 0.806. The predicted octanol–water partition coefficient (Wildman–Crippen LogP) is 0.863. The van der Waals surface area contributed by atoms with E-state index in [9.17, 15) is 9.59 Å². The molecule has 0 aliphatic rings. The lowest BCUT2D eigenvalue weighted by Gasteiger charge is -2.03. The Kier molecular flexibility index (Phi) is 4.70. The first-order valence-corrected chi connectivity index (χ1v) is 6.52. The van der Waals surface area contributed by atoms with E-state index in [0.29, 0.717) is 4.34 Å². The van der Waals surface area contributed by atoms with Crippen LogP contribution in [0.5, 0.6) is 0 Å². The first-order valence-electron chi connectivity index (χ1n) is 4.48. The number of rotatable bonds is 1. The van der Waals surface area contributed by atoms with Gasteiger partial charge in [0.15, 0.2) is 4.34 Å². The van der Waals surface area contributed by atoms with Gasteiger partial charge in [-0.25, -0.2) is 9.59 Å². The summed E-state index contributed by atoms with van der Waals surface area (Å²) < 4.78 is 6.15. The summed E-state index contributed by atoms with van der Waals surface area (Å²) in [6, 6.07) is -0.459. The zero-order valence-corrected chi connectivity index (χ0v) is 11.5. The third kappa shape index (κ3) is 3.30. The second-order valence-corrected chi connectivity index (χ2v) is 5.03. The van der Waals surface area contributed by atoms with Crippen molar-refractivity contribution in [1.29, 1.82) is 0 Å². The average Bonchev–Trinajstić information content (AvgIpc) is 2.71. The molecule has 94 valence electrons. The summed E-state index contributed by atoms with van der Waals surface area (Å²) >= 11 is 2.51. The first-order chi connectivity index (χ1) is 7.99. The SMILES string of the molecule is COC(=O)n1nc(SC)sc1=NC(=O)N(C)C. The number of urea groups is 1. The molecular formula is C8H12N4O3S2. The lowest BCUT2D eigenvalue weighted by Crippen LogP contribution is -2.28. The summed E-state index contributed by atoms with van der Waals surface area (Å²) in [4.78, 5) is 28.1. The molecule has 0 aromatic carbocycles. The summed E-state index contributed by atoms with van der Waals surface area (Å²) in [5.74, 6) is 0. The zero-order chi connectivity index (χ0) is 13.0. The Labute approximate surface area is 106 Å². The molecule has 7 nitrogen and oxygen atoms in total. The highest BCUT2D eigenvalue weighted by Gasteiger charge is 2.13. The monoisotopic (exact) mass is 276 g/mol. The number of carbonyl (C=O) groups is 2. The molecule has 0 N–H and O–H groups in total. The van der Waals surface area contributed by atoms with Gasteiger partial charge in [-0.15, -0.1) is 9.78 Å². The maximum atomic E-state index is 11.4. The van der Waals surface area contributed by atoms with Gasteiger partial charge in [0.25, 0.3) is 0 Å². The van der Waals surface area contributed by atoms with Gasteiger partial charge in [0.2, 0.25) is 4.80 Å². The fourth-order valence-corrected chi connectivity index (χ4v) is 2.13. The molecule has 0 fully saturated rings. The van der Waals surface area contributed by atoms with Crippen molar-refractivity contribution in [2.24, 2.45) is 4.99 Å². The van der Waals surface area contributed by atoms with E-state index in [1.807, 2.05) is 6.26 Å². The van der Waals surface area contributed by atoms with Crippen molar-refractivity contribution < 1.29 is 14.3 Å². The largest absolute Gasteiger partial charge is 0.451 e. The van der Waals surface area contributed by atoms with Crippen LogP contribution in [0.2, 0.25) is 0 Å². The van der Waals surface area contributed by atoms with Crippen molar-refractivity contribution in [1.82, 2.24) is 14.7 Å². The lowest BCUT2D eigenvalue weighted by molar-refractivity contribution is 0.167. The van der Waals surface area contributed by atoms with Crippen LogP contribution in [-0.2, 0) is 4.74 Å². The van der Waals surface area contributed by atoms with E-state index in [2.05, 4.69) is 14.8 Å². The van der Waals surface area contributed by atoms with Crippen LogP contribution in [-0.4, -0.2) is 54.3 Å². The minimum absolute atomic E-state index is 0.194. The summed E-state index contributed by atoms with van der Waals surface area (Å²) in [6.45, 7) is 0. The summed E-state index contributed by atoms with van der Waals surface area (Å²) in [7, 11) is 4.39. The first kappa shape index (κ1) is 13.7. The Morgan fingerprint density at radius 3 is 2.65 bits per heavy atom. The van der Waals surface area contributed by atoms with E-state index in [0.717, 1.165) is 16.0 Å². The van der Waals surface area contributed by atoms with Crippen molar-refractivity contribution in [3.05, 3.63) is 4.80 Å². The summed E-state index contributed by atoms with van der Waals surface area (Å²) in [5, 5.41) is 3.97. The minimum atomic E-state index is -0.674. The lowest BCUT2D eigenvalue weighted by atomic mass is 10.8. The van der Waals surface area contributed by atoms with Crippen LogP contribution in [0.3, 0.4) is 0 Å². The van der Waals surface area contributed by atoms with Crippen LogP contribution >= 0.6 is 23.1 Å². The molecule has 0 aliphatic carbocycles. The van der Waals surface area contributed by atoms with E-state index in [4.69, 9.17) is 0 Å². The number of thioether (sulfide) groups is 1. The standard InChI is InChI=1S/C8H12N4O3S2/c1-11(2)5(13)9-6-12(8(14)15-3)10-7(16-4)17-6/h1-4H3.